The van der Waals surface area contributed by atoms with Gasteiger partial charge in [-0.3, -0.25) is 0 Å². The zero-order valence-electron chi connectivity index (χ0n) is 9.08. The summed E-state index contributed by atoms with van der Waals surface area (Å²) in [4.78, 5) is 2.45. The van der Waals surface area contributed by atoms with Crippen LogP contribution < -0.4 is 9.17 Å². The number of aromatic nitrogens is 1. The van der Waals surface area contributed by atoms with Crippen molar-refractivity contribution < 1.29 is 26.7 Å². The van der Waals surface area contributed by atoms with Crippen LogP contribution in [0.25, 0.3) is 10.9 Å². The molecular weight excluding hydrogens is 284 g/mol. The number of hydrogen-bond donors (Lipinski definition) is 0. The Morgan fingerprint density at radius 2 is 1.95 bits per heavy atom. The third kappa shape index (κ3) is 3.06. The summed E-state index contributed by atoms with van der Waals surface area (Å²) in [7, 11) is 0. The van der Waals surface area contributed by atoms with E-state index in [9.17, 15) is 17.6 Å². The summed E-state index contributed by atoms with van der Waals surface area (Å²) in [6.07, 6.45) is 0. The second-order valence-corrected chi connectivity index (χ2v) is 4.23. The lowest BCUT2D eigenvalue weighted by molar-refractivity contribution is -0.355. The maximum Gasteiger partial charge on any atom is 0.479 e. The van der Waals surface area contributed by atoms with Gasteiger partial charge in [-0.25, -0.2) is 4.39 Å². The van der Waals surface area contributed by atoms with E-state index >= 15 is 0 Å². The molecule has 1 aromatic heterocycles. The second kappa shape index (κ2) is 4.93. The lowest BCUT2D eigenvalue weighted by atomic mass is 10.1. The van der Waals surface area contributed by atoms with Crippen molar-refractivity contribution in [3.05, 3.63) is 35.6 Å². The van der Waals surface area contributed by atoms with Crippen LogP contribution in [0.3, 0.4) is 0 Å². The van der Waals surface area contributed by atoms with E-state index in [0.29, 0.717) is 0 Å². The highest BCUT2D eigenvalue weighted by Crippen LogP contribution is 2.31. The first-order valence-corrected chi connectivity index (χ1v) is 5.62. The predicted octanol–water partition coefficient (Wildman–Crippen LogP) is 3.21. The number of nitriles is 1. The fraction of sp³-hybridized carbons (Fsp3) is 0.0909. The first kappa shape index (κ1) is 13.4. The van der Waals surface area contributed by atoms with Crippen LogP contribution in [0.4, 0.5) is 17.6 Å². The number of benzene rings is 1. The van der Waals surface area contributed by atoms with Gasteiger partial charge in [-0.15, -0.1) is 0 Å². The van der Waals surface area contributed by atoms with Gasteiger partial charge in [0.05, 0.1) is 11.5 Å². The molecule has 0 amide bonds. The van der Waals surface area contributed by atoms with Crippen molar-refractivity contribution in [3.63, 3.8) is 0 Å². The molecule has 0 aliphatic heterocycles. The highest BCUT2D eigenvalue weighted by atomic mass is 32.2. The molecule has 0 aliphatic carbocycles. The van der Waals surface area contributed by atoms with Gasteiger partial charge in [0.15, 0.2) is 12.0 Å². The smallest absolute Gasteiger partial charge is 0.361 e. The largest absolute Gasteiger partial charge is 0.479 e. The first-order valence-electron chi connectivity index (χ1n) is 4.88. The molecule has 8 heteroatoms. The van der Waals surface area contributed by atoms with E-state index in [1.165, 1.54) is 12.1 Å². The summed E-state index contributed by atoms with van der Waals surface area (Å²) in [5, 5.41) is 8.96. The molecule has 19 heavy (non-hydrogen) atoms. The van der Waals surface area contributed by atoms with E-state index in [-0.39, 0.29) is 22.3 Å². The molecule has 0 saturated carbocycles. The number of hydrogen-bond acceptors (Lipinski definition) is 3. The number of fused-ring (bicyclic) bond motifs is 1. The highest BCUT2D eigenvalue weighted by molar-refractivity contribution is 7.95. The van der Waals surface area contributed by atoms with Crippen molar-refractivity contribution in [2.24, 2.45) is 0 Å². The number of nitrogens with zero attached hydrogens (tertiary/aromatic N) is 1. The molecule has 98 valence electrons. The Kier molecular flexibility index (Phi) is 3.48. The Balaban J connectivity index is 2.43. The maximum atomic E-state index is 13.5. The van der Waals surface area contributed by atoms with Crippen molar-refractivity contribution in [1.82, 2.24) is 0 Å². The molecule has 1 N–H and O–H groups in total. The minimum Gasteiger partial charge on any atom is -0.361 e. The summed E-state index contributed by atoms with van der Waals surface area (Å²) in [6, 6.07) is 6.56. The van der Waals surface area contributed by atoms with E-state index in [1.807, 2.05) is 6.07 Å². The average Bonchev–Trinajstić information content (AvgIpc) is 2.36. The summed E-state index contributed by atoms with van der Waals surface area (Å²) in [5.74, 6) is -0.808. The van der Waals surface area contributed by atoms with Crippen LogP contribution in [-0.4, -0.2) is 5.51 Å². The van der Waals surface area contributed by atoms with Crippen LogP contribution in [-0.2, 0) is 0 Å². The number of alkyl halides is 3. The first-order chi connectivity index (χ1) is 8.90. The number of aromatic amines is 1. The number of rotatable bonds is 2. The van der Waals surface area contributed by atoms with Crippen LogP contribution in [0.1, 0.15) is 5.56 Å². The van der Waals surface area contributed by atoms with Gasteiger partial charge < -0.3 is 4.18 Å². The van der Waals surface area contributed by atoms with Gasteiger partial charge in [0.2, 0.25) is 5.52 Å². The zero-order chi connectivity index (χ0) is 14.0. The SMILES string of the molecule is N#Cc1ccc(F)c2ccc(OSC(F)(F)F)[nH+]c12. The van der Waals surface area contributed by atoms with Crippen LogP contribution >= 0.6 is 12.0 Å². The summed E-state index contributed by atoms with van der Waals surface area (Å²) in [6.45, 7) is 0. The molecule has 0 fully saturated rings. The molecular formula is C11H5F4N2OS+. The number of pyridine rings is 1. The van der Waals surface area contributed by atoms with E-state index in [1.54, 1.807) is 0 Å². The molecule has 0 radical (unpaired) electrons. The van der Waals surface area contributed by atoms with Crippen molar-refractivity contribution in [2.75, 3.05) is 0 Å². The van der Waals surface area contributed by atoms with E-state index < -0.39 is 23.4 Å². The zero-order valence-corrected chi connectivity index (χ0v) is 9.90. The quantitative estimate of drug-likeness (QED) is 0.630. The Morgan fingerprint density at radius 3 is 2.58 bits per heavy atom. The number of halogens is 4. The van der Waals surface area contributed by atoms with Crippen LogP contribution in [0.2, 0.25) is 0 Å². The van der Waals surface area contributed by atoms with Crippen LogP contribution in [0.5, 0.6) is 5.88 Å². The van der Waals surface area contributed by atoms with E-state index in [4.69, 9.17) is 5.26 Å². The van der Waals surface area contributed by atoms with Gasteiger partial charge in [0, 0.05) is 0 Å². The molecule has 1 heterocycles. The summed E-state index contributed by atoms with van der Waals surface area (Å²) >= 11 is -0.695. The Bertz CT molecular complexity index is 666. The van der Waals surface area contributed by atoms with Crippen molar-refractivity contribution in [1.29, 1.82) is 5.26 Å². The van der Waals surface area contributed by atoms with Crippen LogP contribution in [0.15, 0.2) is 24.3 Å². The molecule has 0 bridgehead atoms. The highest BCUT2D eigenvalue weighted by Gasteiger charge is 2.32. The molecule has 3 nitrogen and oxygen atoms in total. The third-order valence-electron chi connectivity index (χ3n) is 2.19. The van der Waals surface area contributed by atoms with Gasteiger partial charge in [-0.05, 0) is 18.2 Å². The summed E-state index contributed by atoms with van der Waals surface area (Å²) < 4.78 is 53.8. The molecule has 0 unspecified atom stereocenters. The molecule has 1 aromatic carbocycles. The lowest BCUT2D eigenvalue weighted by Crippen LogP contribution is -2.12. The minimum atomic E-state index is -4.55. The predicted molar refractivity (Wildman–Crippen MR) is 59.5 cm³/mol. The van der Waals surface area contributed by atoms with E-state index in [2.05, 4.69) is 9.17 Å². The maximum absolute atomic E-state index is 13.5. The fourth-order valence-electron chi connectivity index (χ4n) is 1.45. The Morgan fingerprint density at radius 1 is 1.21 bits per heavy atom. The third-order valence-corrected chi connectivity index (χ3v) is 2.64. The van der Waals surface area contributed by atoms with E-state index in [0.717, 1.165) is 12.1 Å². The van der Waals surface area contributed by atoms with Gasteiger partial charge in [0.25, 0.3) is 0 Å². The minimum absolute atomic E-state index is 0.0859. The van der Waals surface area contributed by atoms with Crippen molar-refractivity contribution >= 4 is 22.9 Å². The van der Waals surface area contributed by atoms with Gasteiger partial charge in [0.1, 0.15) is 17.4 Å². The summed E-state index contributed by atoms with van der Waals surface area (Å²) in [5.41, 5.74) is -4.36. The normalized spacial score (nSPS) is 11.3. The monoisotopic (exact) mass is 289 g/mol. The van der Waals surface area contributed by atoms with Gasteiger partial charge >= 0.3 is 11.4 Å². The molecule has 2 rings (SSSR count). The second-order valence-electron chi connectivity index (χ2n) is 3.43. The lowest BCUT2D eigenvalue weighted by Gasteiger charge is -2.03. The van der Waals surface area contributed by atoms with Crippen molar-refractivity contribution in [2.45, 2.75) is 5.51 Å². The molecule has 0 saturated heterocycles. The molecule has 0 atom stereocenters. The van der Waals surface area contributed by atoms with Gasteiger partial charge in [-0.2, -0.15) is 23.4 Å². The number of nitrogens with one attached hydrogen (secondary N) is 1. The molecule has 0 aliphatic rings. The van der Waals surface area contributed by atoms with Crippen LogP contribution in [0, 0.1) is 17.1 Å². The molecule has 0 spiro atoms. The average molecular weight is 289 g/mol. The topological polar surface area (TPSA) is 47.2 Å². The molecule has 2 aromatic rings. The van der Waals surface area contributed by atoms with Crippen molar-refractivity contribution in [3.8, 4) is 11.9 Å². The fourth-order valence-corrected chi connectivity index (χ4v) is 1.73. The standard InChI is InChI=1S/C11H4F4N2OS/c12-8-3-1-6(5-16)10-7(8)2-4-9(17-10)18-19-11(13,14)15/h1-4H/p+1. The Hall–Kier alpha value is -2.01. The number of H-pyrrole nitrogens is 1. The Labute approximate surface area is 109 Å². The van der Waals surface area contributed by atoms with Gasteiger partial charge in [-0.1, -0.05) is 0 Å².